The summed E-state index contributed by atoms with van der Waals surface area (Å²) >= 11 is 1.67. The maximum absolute atomic E-state index is 11.3. The molecule has 0 aromatic heterocycles. The van der Waals surface area contributed by atoms with Crippen LogP contribution in [0.15, 0.2) is 4.99 Å². The van der Waals surface area contributed by atoms with E-state index in [1.54, 1.807) is 18.9 Å². The lowest BCUT2D eigenvalue weighted by molar-refractivity contribution is -0.120. The largest absolute Gasteiger partial charge is 0.383 e. The van der Waals surface area contributed by atoms with Crippen LogP contribution in [0.3, 0.4) is 0 Å². The minimum Gasteiger partial charge on any atom is -0.383 e. The molecule has 1 aliphatic heterocycles. The van der Waals surface area contributed by atoms with Gasteiger partial charge in [0.05, 0.1) is 13.2 Å². The molecule has 0 fully saturated rings. The van der Waals surface area contributed by atoms with E-state index < -0.39 is 0 Å². The van der Waals surface area contributed by atoms with Crippen LogP contribution in [0.25, 0.3) is 0 Å². The molecule has 0 saturated carbocycles. The van der Waals surface area contributed by atoms with Crippen LogP contribution in [0.4, 0.5) is 0 Å². The number of amides is 1. The smallest absolute Gasteiger partial charge is 0.239 e. The van der Waals surface area contributed by atoms with Crippen molar-refractivity contribution in [3.05, 3.63) is 0 Å². The van der Waals surface area contributed by atoms with Gasteiger partial charge in [0.25, 0.3) is 0 Å². The lowest BCUT2D eigenvalue weighted by Gasteiger charge is -2.12. The zero-order valence-corrected chi connectivity index (χ0v) is 9.73. The van der Waals surface area contributed by atoms with E-state index in [2.05, 4.69) is 15.6 Å². The average molecular weight is 231 g/mol. The first-order valence-electron chi connectivity index (χ1n) is 4.99. The average Bonchev–Trinajstić information content (AvgIpc) is 2.28. The highest BCUT2D eigenvalue weighted by Gasteiger charge is 2.06. The normalized spacial score (nSPS) is 15.7. The molecule has 0 saturated heterocycles. The number of hydrogen-bond donors (Lipinski definition) is 2. The number of ether oxygens (including phenoxy) is 1. The van der Waals surface area contributed by atoms with Gasteiger partial charge in [-0.15, -0.1) is 0 Å². The van der Waals surface area contributed by atoms with Crippen LogP contribution >= 0.6 is 11.8 Å². The van der Waals surface area contributed by atoms with Crippen molar-refractivity contribution in [1.29, 1.82) is 0 Å². The summed E-state index contributed by atoms with van der Waals surface area (Å²) in [7, 11) is 1.61. The lowest BCUT2D eigenvalue weighted by Crippen LogP contribution is -2.37. The topological polar surface area (TPSA) is 62.7 Å². The van der Waals surface area contributed by atoms with Crippen LogP contribution in [0, 0.1) is 0 Å². The summed E-state index contributed by atoms with van der Waals surface area (Å²) < 4.78 is 4.82. The van der Waals surface area contributed by atoms with Crippen LogP contribution in [0.1, 0.15) is 6.42 Å². The monoisotopic (exact) mass is 231 g/mol. The molecule has 1 aliphatic rings. The highest BCUT2D eigenvalue weighted by Crippen LogP contribution is 2.09. The minimum absolute atomic E-state index is 0.0269. The molecule has 0 unspecified atom stereocenters. The fourth-order valence-electron chi connectivity index (χ4n) is 1.08. The molecule has 0 atom stereocenters. The Hall–Kier alpha value is -0.750. The molecule has 1 amide bonds. The molecule has 1 rings (SSSR count). The van der Waals surface area contributed by atoms with E-state index >= 15 is 0 Å². The van der Waals surface area contributed by atoms with Crippen molar-refractivity contribution < 1.29 is 9.53 Å². The van der Waals surface area contributed by atoms with Gasteiger partial charge >= 0.3 is 0 Å². The zero-order chi connectivity index (χ0) is 10.9. The van der Waals surface area contributed by atoms with Gasteiger partial charge in [0.15, 0.2) is 5.17 Å². The number of carbonyl (C=O) groups excluding carboxylic acids is 1. The zero-order valence-electron chi connectivity index (χ0n) is 8.91. The summed E-state index contributed by atoms with van der Waals surface area (Å²) in [5, 5.41) is 6.62. The SMILES string of the molecule is COCCNC(=O)CNC1=NCCCS1. The maximum Gasteiger partial charge on any atom is 0.239 e. The van der Waals surface area contributed by atoms with Crippen LogP contribution in [-0.4, -0.2) is 50.2 Å². The molecule has 86 valence electrons. The van der Waals surface area contributed by atoms with Gasteiger partial charge in [-0.25, -0.2) is 0 Å². The number of nitrogens with zero attached hydrogens (tertiary/aromatic N) is 1. The summed E-state index contributed by atoms with van der Waals surface area (Å²) in [6.45, 7) is 2.24. The second kappa shape index (κ2) is 7.53. The first-order chi connectivity index (χ1) is 7.33. The molecular formula is C9H17N3O2S. The highest BCUT2D eigenvalue weighted by atomic mass is 32.2. The number of methoxy groups -OCH3 is 1. The van der Waals surface area contributed by atoms with E-state index in [4.69, 9.17) is 4.74 Å². The number of amidine groups is 1. The predicted molar refractivity (Wildman–Crippen MR) is 62.3 cm³/mol. The number of nitrogens with one attached hydrogen (secondary N) is 2. The van der Waals surface area contributed by atoms with Gasteiger partial charge in [0.2, 0.25) is 5.91 Å². The molecule has 2 N–H and O–H groups in total. The van der Waals surface area contributed by atoms with Gasteiger partial charge in [-0.2, -0.15) is 0 Å². The third-order valence-corrected chi connectivity index (χ3v) is 2.86. The summed E-state index contributed by atoms with van der Waals surface area (Å²) in [5.74, 6) is 1.05. The van der Waals surface area contributed by atoms with E-state index in [-0.39, 0.29) is 12.5 Å². The molecule has 6 heteroatoms. The van der Waals surface area contributed by atoms with Crippen molar-refractivity contribution in [3.8, 4) is 0 Å². The van der Waals surface area contributed by atoms with Crippen LogP contribution < -0.4 is 10.6 Å². The molecule has 0 aromatic carbocycles. The van der Waals surface area contributed by atoms with Gasteiger partial charge in [-0.1, -0.05) is 11.8 Å². The summed E-state index contributed by atoms with van der Waals surface area (Å²) in [6, 6.07) is 0. The molecule has 5 nitrogen and oxygen atoms in total. The van der Waals surface area contributed by atoms with Crippen molar-refractivity contribution in [1.82, 2.24) is 10.6 Å². The van der Waals surface area contributed by atoms with Crippen molar-refractivity contribution in [2.45, 2.75) is 6.42 Å². The van der Waals surface area contributed by atoms with Gasteiger partial charge in [0.1, 0.15) is 0 Å². The Morgan fingerprint density at radius 2 is 2.53 bits per heavy atom. The van der Waals surface area contributed by atoms with E-state index in [1.165, 1.54) is 0 Å². The van der Waals surface area contributed by atoms with E-state index in [1.807, 2.05) is 0 Å². The second-order valence-electron chi connectivity index (χ2n) is 3.09. The number of hydrogen-bond acceptors (Lipinski definition) is 5. The summed E-state index contributed by atoms with van der Waals surface area (Å²) in [6.07, 6.45) is 1.12. The maximum atomic E-state index is 11.3. The molecule has 0 radical (unpaired) electrons. The van der Waals surface area contributed by atoms with E-state index in [0.29, 0.717) is 13.2 Å². The Kier molecular flexibility index (Phi) is 6.18. The van der Waals surface area contributed by atoms with Crippen molar-refractivity contribution >= 4 is 22.8 Å². The lowest BCUT2D eigenvalue weighted by atomic mass is 10.5. The molecule has 15 heavy (non-hydrogen) atoms. The first-order valence-corrected chi connectivity index (χ1v) is 5.98. The van der Waals surface area contributed by atoms with Crippen LogP contribution in [-0.2, 0) is 9.53 Å². The standard InChI is InChI=1S/C9H17N3O2S/c1-14-5-4-10-8(13)7-12-9-11-3-2-6-15-9/h2-7H2,1H3,(H,10,13)(H,11,12). The van der Waals surface area contributed by atoms with Gasteiger partial charge < -0.3 is 15.4 Å². The van der Waals surface area contributed by atoms with E-state index in [9.17, 15) is 4.79 Å². The van der Waals surface area contributed by atoms with Gasteiger partial charge in [-0.05, 0) is 6.42 Å². The predicted octanol–water partition coefficient (Wildman–Crippen LogP) is -0.168. The minimum atomic E-state index is -0.0269. The van der Waals surface area contributed by atoms with Crippen molar-refractivity contribution in [3.63, 3.8) is 0 Å². The fourth-order valence-corrected chi connectivity index (χ4v) is 1.90. The highest BCUT2D eigenvalue weighted by molar-refractivity contribution is 8.13. The second-order valence-corrected chi connectivity index (χ2v) is 4.17. The Morgan fingerprint density at radius 3 is 3.20 bits per heavy atom. The van der Waals surface area contributed by atoms with Crippen molar-refractivity contribution in [2.75, 3.05) is 39.1 Å². The Bertz CT molecular complexity index is 233. The molecule has 0 bridgehead atoms. The number of rotatable bonds is 5. The third-order valence-electron chi connectivity index (χ3n) is 1.83. The molecule has 0 aromatic rings. The summed E-state index contributed by atoms with van der Waals surface area (Å²) in [4.78, 5) is 15.5. The quantitative estimate of drug-likeness (QED) is 0.645. The molecule has 0 aliphatic carbocycles. The Balaban J connectivity index is 2.07. The van der Waals surface area contributed by atoms with Crippen LogP contribution in [0.5, 0.6) is 0 Å². The molecule has 0 spiro atoms. The number of carbonyl (C=O) groups is 1. The van der Waals surface area contributed by atoms with Gasteiger partial charge in [-0.3, -0.25) is 9.79 Å². The number of thioether (sulfide) groups is 1. The fraction of sp³-hybridized carbons (Fsp3) is 0.778. The Morgan fingerprint density at radius 1 is 1.67 bits per heavy atom. The van der Waals surface area contributed by atoms with E-state index in [0.717, 1.165) is 23.9 Å². The molecule has 1 heterocycles. The van der Waals surface area contributed by atoms with Crippen LogP contribution in [0.2, 0.25) is 0 Å². The third kappa shape index (κ3) is 5.64. The summed E-state index contributed by atoms with van der Waals surface area (Å²) in [5.41, 5.74) is 0. The van der Waals surface area contributed by atoms with Crippen molar-refractivity contribution in [2.24, 2.45) is 4.99 Å². The van der Waals surface area contributed by atoms with Gasteiger partial charge in [0, 0.05) is 26.0 Å². The first kappa shape index (κ1) is 12.3. The number of aliphatic imine (C=N–C) groups is 1. The Labute approximate surface area is 94.0 Å². The molecular weight excluding hydrogens is 214 g/mol.